The fourth-order valence-corrected chi connectivity index (χ4v) is 4.19. The van der Waals surface area contributed by atoms with Gasteiger partial charge in [0.2, 0.25) is 0 Å². The predicted octanol–water partition coefficient (Wildman–Crippen LogP) is 2.86. The number of sulfonamides is 1. The SMILES string of the molecule is Cc1ccccc1NS(=O)(=O)c1cc(C)c(C(=O)O)s1. The van der Waals surface area contributed by atoms with Crippen molar-refractivity contribution in [1.29, 1.82) is 0 Å². The summed E-state index contributed by atoms with van der Waals surface area (Å²) in [5, 5.41) is 8.97. The zero-order valence-electron chi connectivity index (χ0n) is 10.9. The van der Waals surface area contributed by atoms with E-state index in [0.717, 1.165) is 16.9 Å². The number of aromatic carboxylic acids is 1. The molecule has 1 heterocycles. The largest absolute Gasteiger partial charge is 0.477 e. The summed E-state index contributed by atoms with van der Waals surface area (Å²) in [7, 11) is -3.77. The Labute approximate surface area is 120 Å². The number of aryl methyl sites for hydroxylation is 2. The molecule has 2 N–H and O–H groups in total. The second kappa shape index (κ2) is 5.26. The van der Waals surface area contributed by atoms with E-state index in [1.165, 1.54) is 6.07 Å². The Morgan fingerprint density at radius 2 is 1.85 bits per heavy atom. The van der Waals surface area contributed by atoms with E-state index in [1.54, 1.807) is 32.0 Å². The average Bonchev–Trinajstić information content (AvgIpc) is 2.75. The smallest absolute Gasteiger partial charge is 0.346 e. The van der Waals surface area contributed by atoms with E-state index in [2.05, 4.69) is 4.72 Å². The number of carbonyl (C=O) groups is 1. The van der Waals surface area contributed by atoms with Gasteiger partial charge in [-0.15, -0.1) is 11.3 Å². The van der Waals surface area contributed by atoms with Crippen LogP contribution in [0.5, 0.6) is 0 Å². The normalized spacial score (nSPS) is 11.3. The van der Waals surface area contributed by atoms with Crippen molar-refractivity contribution in [2.24, 2.45) is 0 Å². The number of benzene rings is 1. The van der Waals surface area contributed by atoms with E-state index in [4.69, 9.17) is 5.11 Å². The van der Waals surface area contributed by atoms with Crippen molar-refractivity contribution in [3.63, 3.8) is 0 Å². The summed E-state index contributed by atoms with van der Waals surface area (Å²) in [5.74, 6) is -1.12. The molecule has 1 aromatic heterocycles. The van der Waals surface area contributed by atoms with Gasteiger partial charge in [0.15, 0.2) is 0 Å². The summed E-state index contributed by atoms with van der Waals surface area (Å²) in [6, 6.07) is 8.36. The summed E-state index contributed by atoms with van der Waals surface area (Å²) in [4.78, 5) is 11.0. The molecule has 2 rings (SSSR count). The molecule has 20 heavy (non-hydrogen) atoms. The van der Waals surface area contributed by atoms with Gasteiger partial charge in [-0.2, -0.15) is 0 Å². The lowest BCUT2D eigenvalue weighted by molar-refractivity contribution is 0.0701. The second-order valence-corrected chi connectivity index (χ2v) is 7.26. The standard InChI is InChI=1S/C13H13NO4S2/c1-8-5-3-4-6-10(8)14-20(17,18)11-7-9(2)12(19-11)13(15)16/h3-7,14H,1-2H3,(H,15,16). The van der Waals surface area contributed by atoms with E-state index in [9.17, 15) is 13.2 Å². The maximum Gasteiger partial charge on any atom is 0.346 e. The maximum absolute atomic E-state index is 12.2. The summed E-state index contributed by atoms with van der Waals surface area (Å²) in [6.45, 7) is 3.37. The maximum atomic E-state index is 12.2. The number of carboxylic acids is 1. The van der Waals surface area contributed by atoms with Crippen LogP contribution < -0.4 is 4.72 Å². The lowest BCUT2D eigenvalue weighted by atomic mass is 10.2. The Kier molecular flexibility index (Phi) is 3.82. The molecule has 2 aromatic rings. The van der Waals surface area contributed by atoms with Gasteiger partial charge in [0, 0.05) is 0 Å². The number of carboxylic acid groups (broad SMARTS) is 1. The van der Waals surface area contributed by atoms with Crippen molar-refractivity contribution in [3.05, 3.63) is 46.3 Å². The summed E-state index contributed by atoms with van der Waals surface area (Å²) < 4.78 is 27.0. The fraction of sp³-hybridized carbons (Fsp3) is 0.154. The number of thiophene rings is 1. The topological polar surface area (TPSA) is 83.5 Å². The van der Waals surface area contributed by atoms with Crippen molar-refractivity contribution >= 4 is 33.0 Å². The molecule has 0 bridgehead atoms. The van der Waals surface area contributed by atoms with E-state index in [1.807, 2.05) is 6.07 Å². The van der Waals surface area contributed by atoms with Crippen molar-refractivity contribution in [2.45, 2.75) is 18.1 Å². The number of para-hydroxylation sites is 1. The van der Waals surface area contributed by atoms with Crippen LogP contribution >= 0.6 is 11.3 Å². The molecule has 5 nitrogen and oxygen atoms in total. The first-order valence-corrected chi connectivity index (χ1v) is 8.03. The van der Waals surface area contributed by atoms with Gasteiger partial charge < -0.3 is 5.11 Å². The molecular weight excluding hydrogens is 298 g/mol. The Morgan fingerprint density at radius 3 is 2.40 bits per heavy atom. The third-order valence-electron chi connectivity index (χ3n) is 2.74. The minimum Gasteiger partial charge on any atom is -0.477 e. The van der Waals surface area contributed by atoms with Crippen molar-refractivity contribution < 1.29 is 18.3 Å². The van der Waals surface area contributed by atoms with Crippen LogP contribution in [0.3, 0.4) is 0 Å². The molecular formula is C13H13NO4S2. The molecule has 1 aromatic carbocycles. The molecule has 0 amide bonds. The quantitative estimate of drug-likeness (QED) is 0.909. The third-order valence-corrected chi connectivity index (χ3v) is 5.81. The summed E-state index contributed by atoms with van der Waals surface area (Å²) in [5.41, 5.74) is 1.71. The second-order valence-electron chi connectivity index (χ2n) is 4.30. The number of rotatable bonds is 4. The Morgan fingerprint density at radius 1 is 1.20 bits per heavy atom. The number of anilines is 1. The zero-order valence-corrected chi connectivity index (χ0v) is 12.5. The summed E-state index contributed by atoms with van der Waals surface area (Å²) >= 11 is 0.750. The molecule has 0 saturated carbocycles. The highest BCUT2D eigenvalue weighted by molar-refractivity contribution is 7.94. The molecule has 0 fully saturated rings. The molecule has 7 heteroatoms. The highest BCUT2D eigenvalue weighted by atomic mass is 32.2. The Balaban J connectivity index is 2.39. The lowest BCUT2D eigenvalue weighted by Crippen LogP contribution is -2.12. The molecule has 106 valence electrons. The molecule has 0 unspecified atom stereocenters. The van der Waals surface area contributed by atoms with Crippen LogP contribution in [0.15, 0.2) is 34.5 Å². The van der Waals surface area contributed by atoms with E-state index < -0.39 is 16.0 Å². The fourth-order valence-electron chi connectivity index (χ4n) is 1.68. The molecule has 0 radical (unpaired) electrons. The van der Waals surface area contributed by atoms with Gasteiger partial charge in [-0.25, -0.2) is 13.2 Å². The van der Waals surface area contributed by atoms with Crippen LogP contribution in [0.4, 0.5) is 5.69 Å². The first-order chi connectivity index (χ1) is 9.31. The first kappa shape index (κ1) is 14.5. The van der Waals surface area contributed by atoms with Crippen LogP contribution in [0, 0.1) is 13.8 Å². The van der Waals surface area contributed by atoms with Gasteiger partial charge in [-0.05, 0) is 37.1 Å². The highest BCUT2D eigenvalue weighted by Crippen LogP contribution is 2.28. The molecule has 0 saturated heterocycles. The van der Waals surface area contributed by atoms with Crippen LogP contribution in [0.2, 0.25) is 0 Å². The van der Waals surface area contributed by atoms with Gasteiger partial charge in [0.1, 0.15) is 9.09 Å². The first-order valence-electron chi connectivity index (χ1n) is 5.73. The molecule has 0 aliphatic heterocycles. The van der Waals surface area contributed by atoms with Gasteiger partial charge in [0.25, 0.3) is 10.0 Å². The average molecular weight is 311 g/mol. The van der Waals surface area contributed by atoms with E-state index in [0.29, 0.717) is 11.3 Å². The van der Waals surface area contributed by atoms with Crippen molar-refractivity contribution in [2.75, 3.05) is 4.72 Å². The Bertz CT molecular complexity index is 762. The minimum absolute atomic E-state index is 0.00402. The van der Waals surface area contributed by atoms with E-state index in [-0.39, 0.29) is 9.09 Å². The van der Waals surface area contributed by atoms with Crippen molar-refractivity contribution in [1.82, 2.24) is 0 Å². The van der Waals surface area contributed by atoms with Crippen LogP contribution in [-0.2, 0) is 10.0 Å². The number of hydrogen-bond donors (Lipinski definition) is 2. The Hall–Kier alpha value is -1.86. The molecule has 0 aliphatic carbocycles. The highest BCUT2D eigenvalue weighted by Gasteiger charge is 2.22. The van der Waals surface area contributed by atoms with Gasteiger partial charge in [-0.3, -0.25) is 4.72 Å². The van der Waals surface area contributed by atoms with Crippen LogP contribution in [-0.4, -0.2) is 19.5 Å². The van der Waals surface area contributed by atoms with Crippen molar-refractivity contribution in [3.8, 4) is 0 Å². The van der Waals surface area contributed by atoms with Crippen LogP contribution in [0.1, 0.15) is 20.8 Å². The molecule has 0 spiro atoms. The van der Waals surface area contributed by atoms with Gasteiger partial charge >= 0.3 is 5.97 Å². The monoisotopic (exact) mass is 311 g/mol. The summed E-state index contributed by atoms with van der Waals surface area (Å²) in [6.07, 6.45) is 0. The third kappa shape index (κ3) is 2.83. The van der Waals surface area contributed by atoms with Gasteiger partial charge in [-0.1, -0.05) is 18.2 Å². The van der Waals surface area contributed by atoms with Crippen LogP contribution in [0.25, 0.3) is 0 Å². The molecule has 0 aliphatic rings. The van der Waals surface area contributed by atoms with Gasteiger partial charge in [0.05, 0.1) is 5.69 Å². The number of nitrogens with one attached hydrogen (secondary N) is 1. The lowest BCUT2D eigenvalue weighted by Gasteiger charge is -2.08. The number of hydrogen-bond acceptors (Lipinski definition) is 4. The molecule has 0 atom stereocenters. The zero-order chi connectivity index (χ0) is 14.9. The van der Waals surface area contributed by atoms with E-state index >= 15 is 0 Å². The minimum atomic E-state index is -3.77. The predicted molar refractivity (Wildman–Crippen MR) is 78.0 cm³/mol.